The number of rotatable bonds is 4. The van der Waals surface area contributed by atoms with E-state index in [2.05, 4.69) is 5.32 Å². The Morgan fingerprint density at radius 3 is 2.72 bits per heavy atom. The number of morpholine rings is 1. The van der Waals surface area contributed by atoms with Crippen LogP contribution in [0.4, 0.5) is 4.79 Å². The van der Waals surface area contributed by atoms with Crippen molar-refractivity contribution in [2.75, 3.05) is 33.4 Å². The summed E-state index contributed by atoms with van der Waals surface area (Å²) in [7, 11) is 1.39. The number of aliphatic carboxylic acids is 1. The van der Waals surface area contributed by atoms with Crippen molar-refractivity contribution >= 4 is 12.0 Å². The van der Waals surface area contributed by atoms with Gasteiger partial charge in [-0.2, -0.15) is 0 Å². The molecule has 0 bridgehead atoms. The summed E-state index contributed by atoms with van der Waals surface area (Å²) in [5, 5.41) is 11.3. The molecule has 2 N–H and O–H groups in total. The first-order chi connectivity index (χ1) is 8.35. The van der Waals surface area contributed by atoms with Crippen molar-refractivity contribution in [1.82, 2.24) is 10.2 Å². The summed E-state index contributed by atoms with van der Waals surface area (Å²) < 4.78 is 10.2. The van der Waals surface area contributed by atoms with Crippen LogP contribution < -0.4 is 5.32 Å². The maximum atomic E-state index is 11.9. The molecule has 7 heteroatoms. The maximum absolute atomic E-state index is 11.9. The minimum Gasteiger partial charge on any atom is -0.480 e. The average Bonchev–Trinajstić information content (AvgIpc) is 2.26. The molecule has 1 fully saturated rings. The summed E-state index contributed by atoms with van der Waals surface area (Å²) in [5.41, 5.74) is -0.407. The Morgan fingerprint density at radius 2 is 2.22 bits per heavy atom. The quantitative estimate of drug-likeness (QED) is 0.737. The number of carboxylic acids is 1. The van der Waals surface area contributed by atoms with Gasteiger partial charge >= 0.3 is 12.0 Å². The molecule has 0 spiro atoms. The van der Waals surface area contributed by atoms with Crippen molar-refractivity contribution in [1.29, 1.82) is 0 Å². The predicted octanol–water partition coefficient (Wildman–Crippen LogP) is -0.0936. The lowest BCUT2D eigenvalue weighted by Crippen LogP contribution is -2.56. The molecular formula is C11H20N2O5. The number of carbonyl (C=O) groups is 2. The Kier molecular flexibility index (Phi) is 4.92. The van der Waals surface area contributed by atoms with Gasteiger partial charge in [0.2, 0.25) is 0 Å². The van der Waals surface area contributed by atoms with Crippen molar-refractivity contribution in [3.05, 3.63) is 0 Å². The van der Waals surface area contributed by atoms with Gasteiger partial charge in [-0.15, -0.1) is 0 Å². The van der Waals surface area contributed by atoms with E-state index in [1.165, 1.54) is 7.11 Å². The molecule has 0 radical (unpaired) electrons. The van der Waals surface area contributed by atoms with Gasteiger partial charge in [0.25, 0.3) is 0 Å². The van der Waals surface area contributed by atoms with Gasteiger partial charge in [0.1, 0.15) is 0 Å². The molecular weight excluding hydrogens is 240 g/mol. The molecule has 0 aliphatic carbocycles. The van der Waals surface area contributed by atoms with E-state index in [0.29, 0.717) is 19.7 Å². The molecule has 7 nitrogen and oxygen atoms in total. The Morgan fingerprint density at radius 1 is 1.56 bits per heavy atom. The van der Waals surface area contributed by atoms with Gasteiger partial charge in [0.15, 0.2) is 6.04 Å². The SMILES string of the molecule is COCC(NC(=O)N1CCOC(C)(C)C1)C(=O)O. The van der Waals surface area contributed by atoms with Crippen LogP contribution in [0.3, 0.4) is 0 Å². The number of carbonyl (C=O) groups excluding carboxylic acids is 1. The van der Waals surface area contributed by atoms with E-state index in [0.717, 1.165) is 0 Å². The zero-order valence-corrected chi connectivity index (χ0v) is 10.9. The molecule has 0 aromatic carbocycles. The molecule has 0 aromatic heterocycles. The molecule has 1 aliphatic rings. The summed E-state index contributed by atoms with van der Waals surface area (Å²) in [6, 6.07) is -1.44. The van der Waals surface area contributed by atoms with Crippen molar-refractivity contribution < 1.29 is 24.2 Å². The Balaban J connectivity index is 2.55. The zero-order chi connectivity index (χ0) is 13.8. The monoisotopic (exact) mass is 260 g/mol. The fraction of sp³-hybridized carbons (Fsp3) is 0.818. The second-order valence-electron chi connectivity index (χ2n) is 4.83. The molecule has 1 unspecified atom stereocenters. The minimum absolute atomic E-state index is 0.0607. The second kappa shape index (κ2) is 6.01. The van der Waals surface area contributed by atoms with Crippen LogP contribution in [0, 0.1) is 0 Å². The van der Waals surface area contributed by atoms with Gasteiger partial charge in [-0.3, -0.25) is 0 Å². The molecule has 1 rings (SSSR count). The third-order valence-electron chi connectivity index (χ3n) is 2.64. The van der Waals surface area contributed by atoms with Crippen LogP contribution in [-0.4, -0.2) is 67.1 Å². The Bertz CT molecular complexity index is 319. The van der Waals surface area contributed by atoms with Crippen molar-refractivity contribution in [2.45, 2.75) is 25.5 Å². The van der Waals surface area contributed by atoms with Crippen molar-refractivity contribution in [3.8, 4) is 0 Å². The van der Waals surface area contributed by atoms with E-state index in [4.69, 9.17) is 14.6 Å². The molecule has 1 atom stereocenters. The topological polar surface area (TPSA) is 88.1 Å². The molecule has 1 aliphatic heterocycles. The third kappa shape index (κ3) is 4.15. The largest absolute Gasteiger partial charge is 0.480 e. The molecule has 18 heavy (non-hydrogen) atoms. The number of methoxy groups -OCH3 is 1. The van der Waals surface area contributed by atoms with Gasteiger partial charge in [-0.1, -0.05) is 0 Å². The van der Waals surface area contributed by atoms with Crippen molar-refractivity contribution in [2.24, 2.45) is 0 Å². The number of amides is 2. The summed E-state index contributed by atoms with van der Waals surface area (Å²) >= 11 is 0. The molecule has 2 amide bonds. The van der Waals surface area contributed by atoms with Crippen LogP contribution in [-0.2, 0) is 14.3 Å². The van der Waals surface area contributed by atoms with Gasteiger partial charge in [-0.05, 0) is 13.8 Å². The number of hydrogen-bond donors (Lipinski definition) is 2. The fourth-order valence-electron chi connectivity index (χ4n) is 1.77. The first-order valence-electron chi connectivity index (χ1n) is 5.77. The highest BCUT2D eigenvalue weighted by molar-refractivity contribution is 5.82. The van der Waals surface area contributed by atoms with E-state index in [-0.39, 0.29) is 6.61 Å². The van der Waals surface area contributed by atoms with Crippen LogP contribution in [0.25, 0.3) is 0 Å². The highest BCUT2D eigenvalue weighted by Crippen LogP contribution is 2.16. The highest BCUT2D eigenvalue weighted by Gasteiger charge is 2.31. The fourth-order valence-corrected chi connectivity index (χ4v) is 1.77. The first kappa shape index (κ1) is 14.7. The Labute approximate surface area is 106 Å². The van der Waals surface area contributed by atoms with Gasteiger partial charge < -0.3 is 24.8 Å². The lowest BCUT2D eigenvalue weighted by atomic mass is 10.1. The lowest BCUT2D eigenvalue weighted by Gasteiger charge is -2.38. The first-order valence-corrected chi connectivity index (χ1v) is 5.77. The van der Waals surface area contributed by atoms with Gasteiger partial charge in [0, 0.05) is 13.7 Å². The maximum Gasteiger partial charge on any atom is 0.328 e. The third-order valence-corrected chi connectivity index (χ3v) is 2.64. The zero-order valence-electron chi connectivity index (χ0n) is 10.9. The lowest BCUT2D eigenvalue weighted by molar-refractivity contribution is -0.140. The smallest absolute Gasteiger partial charge is 0.328 e. The standard InChI is InChI=1S/C11H20N2O5/c1-11(2)7-13(4-5-18-11)10(16)12-8(6-17-3)9(14)15/h8H,4-7H2,1-3H3,(H,12,16)(H,14,15). The number of nitrogens with zero attached hydrogens (tertiary/aromatic N) is 1. The van der Waals surface area contributed by atoms with Crippen LogP contribution in [0.1, 0.15) is 13.8 Å². The molecule has 1 heterocycles. The number of carboxylic acid groups (broad SMARTS) is 1. The summed E-state index contributed by atoms with van der Waals surface area (Å²) in [6.45, 7) is 5.04. The molecule has 0 aromatic rings. The van der Waals surface area contributed by atoms with E-state index < -0.39 is 23.6 Å². The highest BCUT2D eigenvalue weighted by atomic mass is 16.5. The van der Waals surface area contributed by atoms with E-state index in [9.17, 15) is 9.59 Å². The molecule has 0 saturated carbocycles. The number of ether oxygens (including phenoxy) is 2. The van der Waals surface area contributed by atoms with E-state index >= 15 is 0 Å². The number of urea groups is 1. The summed E-state index contributed by atoms with van der Waals surface area (Å²) in [4.78, 5) is 24.4. The predicted molar refractivity (Wildman–Crippen MR) is 63.4 cm³/mol. The van der Waals surface area contributed by atoms with Gasteiger partial charge in [0.05, 0.1) is 25.4 Å². The van der Waals surface area contributed by atoms with E-state index in [1.807, 2.05) is 13.8 Å². The normalized spacial score (nSPS) is 20.3. The summed E-state index contributed by atoms with van der Waals surface area (Å²) in [6.07, 6.45) is 0. The van der Waals surface area contributed by atoms with Crippen LogP contribution in [0.5, 0.6) is 0 Å². The average molecular weight is 260 g/mol. The second-order valence-corrected chi connectivity index (χ2v) is 4.83. The molecule has 1 saturated heterocycles. The number of hydrogen-bond acceptors (Lipinski definition) is 4. The molecule has 104 valence electrons. The van der Waals surface area contributed by atoms with E-state index in [1.54, 1.807) is 4.90 Å². The number of nitrogens with one attached hydrogen (secondary N) is 1. The minimum atomic E-state index is -1.11. The van der Waals surface area contributed by atoms with Crippen LogP contribution >= 0.6 is 0 Å². The van der Waals surface area contributed by atoms with Crippen LogP contribution in [0.15, 0.2) is 0 Å². The van der Waals surface area contributed by atoms with Crippen molar-refractivity contribution in [3.63, 3.8) is 0 Å². The van der Waals surface area contributed by atoms with Crippen LogP contribution in [0.2, 0.25) is 0 Å². The summed E-state index contributed by atoms with van der Waals surface area (Å²) in [5.74, 6) is -1.11. The van der Waals surface area contributed by atoms with Gasteiger partial charge in [-0.25, -0.2) is 9.59 Å². The Hall–Kier alpha value is -1.34.